The molecule has 3 heterocycles. The molecule has 1 amide bonds. The highest BCUT2D eigenvalue weighted by Gasteiger charge is 2.24. The molecule has 3 aromatic rings. The van der Waals surface area contributed by atoms with Gasteiger partial charge in [-0.15, -0.1) is 12.4 Å². The van der Waals surface area contributed by atoms with Crippen molar-refractivity contribution in [2.24, 2.45) is 0 Å². The number of amides is 1. The maximum Gasteiger partial charge on any atom is 0.293 e. The molecule has 0 radical (unpaired) electrons. The van der Waals surface area contributed by atoms with E-state index in [1.807, 2.05) is 12.1 Å². The first-order valence-corrected chi connectivity index (χ1v) is 7.74. The van der Waals surface area contributed by atoms with Crippen molar-refractivity contribution < 1.29 is 13.7 Å². The summed E-state index contributed by atoms with van der Waals surface area (Å²) >= 11 is 0. The van der Waals surface area contributed by atoms with Crippen molar-refractivity contribution in [2.45, 2.75) is 25.6 Å². The summed E-state index contributed by atoms with van der Waals surface area (Å²) in [6, 6.07) is 11.4. The first-order chi connectivity index (χ1) is 11.8. The molecule has 0 bridgehead atoms. The fourth-order valence-electron chi connectivity index (χ4n) is 2.76. The van der Waals surface area contributed by atoms with Crippen LogP contribution in [0, 0.1) is 0 Å². The van der Waals surface area contributed by atoms with E-state index in [1.165, 1.54) is 17.4 Å². The molecular formula is C17H17ClN4O3. The second-order valence-corrected chi connectivity index (χ2v) is 5.62. The summed E-state index contributed by atoms with van der Waals surface area (Å²) in [7, 11) is 0. The maximum absolute atomic E-state index is 12.3. The minimum absolute atomic E-state index is 0. The molecule has 1 aliphatic heterocycles. The molecule has 1 atom stereocenters. The molecule has 130 valence electrons. The molecule has 7 nitrogen and oxygen atoms in total. The summed E-state index contributed by atoms with van der Waals surface area (Å²) in [5, 5.41) is 9.93. The van der Waals surface area contributed by atoms with Crippen LogP contribution >= 0.6 is 12.4 Å². The Kier molecular flexibility index (Phi) is 5.16. The number of hydrogen-bond donors (Lipinski definition) is 2. The highest BCUT2D eigenvalue weighted by atomic mass is 35.5. The number of carbonyl (C=O) groups is 1. The first kappa shape index (κ1) is 17.2. The van der Waals surface area contributed by atoms with Gasteiger partial charge >= 0.3 is 0 Å². The van der Waals surface area contributed by atoms with Crippen LogP contribution in [0.15, 0.2) is 51.6 Å². The first-order valence-electron chi connectivity index (χ1n) is 7.74. The minimum Gasteiger partial charge on any atom is -0.459 e. The smallest absolute Gasteiger partial charge is 0.293 e. The molecule has 8 heteroatoms. The molecular weight excluding hydrogens is 344 g/mol. The zero-order valence-electron chi connectivity index (χ0n) is 13.3. The van der Waals surface area contributed by atoms with Gasteiger partial charge in [-0.05, 0) is 29.7 Å². The van der Waals surface area contributed by atoms with E-state index in [9.17, 15) is 4.79 Å². The van der Waals surface area contributed by atoms with Crippen LogP contribution in [-0.4, -0.2) is 22.1 Å². The summed E-state index contributed by atoms with van der Waals surface area (Å²) < 4.78 is 10.3. The number of nitrogens with zero attached hydrogens (tertiary/aromatic N) is 2. The second-order valence-electron chi connectivity index (χ2n) is 5.62. The predicted molar refractivity (Wildman–Crippen MR) is 91.9 cm³/mol. The highest BCUT2D eigenvalue weighted by Crippen LogP contribution is 2.18. The zero-order valence-corrected chi connectivity index (χ0v) is 14.1. The van der Waals surface area contributed by atoms with Gasteiger partial charge in [-0.25, -0.2) is 0 Å². The SMILES string of the molecule is Cl.O=C(NCc1noc(-c2ccco2)n1)[C@H]1Cc2ccccc2CN1. The summed E-state index contributed by atoms with van der Waals surface area (Å²) in [6.45, 7) is 0.905. The number of carbonyl (C=O) groups excluding carboxylic acids is 1. The van der Waals surface area contributed by atoms with Crippen molar-refractivity contribution in [2.75, 3.05) is 0 Å². The quantitative estimate of drug-likeness (QED) is 0.740. The zero-order chi connectivity index (χ0) is 16.4. The van der Waals surface area contributed by atoms with E-state index in [2.05, 4.69) is 32.9 Å². The third kappa shape index (κ3) is 3.72. The van der Waals surface area contributed by atoms with E-state index in [0.717, 1.165) is 0 Å². The number of benzene rings is 1. The van der Waals surface area contributed by atoms with Gasteiger partial charge in [0.25, 0.3) is 5.89 Å². The number of nitrogens with one attached hydrogen (secondary N) is 2. The molecule has 1 aliphatic rings. The molecule has 25 heavy (non-hydrogen) atoms. The van der Waals surface area contributed by atoms with Crippen LogP contribution in [0.3, 0.4) is 0 Å². The average molecular weight is 361 g/mol. The molecule has 4 rings (SSSR count). The van der Waals surface area contributed by atoms with Gasteiger partial charge in [-0.3, -0.25) is 4.79 Å². The van der Waals surface area contributed by atoms with Crippen LogP contribution in [0.2, 0.25) is 0 Å². The lowest BCUT2D eigenvalue weighted by Gasteiger charge is -2.25. The molecule has 0 aliphatic carbocycles. The lowest BCUT2D eigenvalue weighted by Crippen LogP contribution is -2.47. The van der Waals surface area contributed by atoms with E-state index in [0.29, 0.717) is 30.4 Å². The van der Waals surface area contributed by atoms with Gasteiger partial charge in [0.05, 0.1) is 18.8 Å². The number of aromatic nitrogens is 2. The fourth-order valence-corrected chi connectivity index (χ4v) is 2.76. The molecule has 0 spiro atoms. The Bertz CT molecular complexity index is 847. The van der Waals surface area contributed by atoms with Crippen molar-refractivity contribution in [3.05, 3.63) is 59.6 Å². The second kappa shape index (κ2) is 7.50. The third-order valence-corrected chi connectivity index (χ3v) is 4.02. The van der Waals surface area contributed by atoms with Gasteiger partial charge in [-0.1, -0.05) is 29.4 Å². The number of rotatable bonds is 4. The number of fused-ring (bicyclic) bond motifs is 1. The Morgan fingerprint density at radius 2 is 2.08 bits per heavy atom. The normalized spacial score (nSPS) is 15.9. The number of halogens is 1. The lowest BCUT2D eigenvalue weighted by atomic mass is 9.95. The van der Waals surface area contributed by atoms with E-state index >= 15 is 0 Å². The molecule has 2 N–H and O–H groups in total. The summed E-state index contributed by atoms with van der Waals surface area (Å²) in [6.07, 6.45) is 2.21. The van der Waals surface area contributed by atoms with Crippen molar-refractivity contribution in [1.82, 2.24) is 20.8 Å². The van der Waals surface area contributed by atoms with Crippen molar-refractivity contribution in [3.8, 4) is 11.7 Å². The van der Waals surface area contributed by atoms with Crippen LogP contribution in [0.5, 0.6) is 0 Å². The van der Waals surface area contributed by atoms with Crippen molar-refractivity contribution >= 4 is 18.3 Å². The fraction of sp³-hybridized carbons (Fsp3) is 0.235. The van der Waals surface area contributed by atoms with Gasteiger partial charge < -0.3 is 19.6 Å². The van der Waals surface area contributed by atoms with Crippen LogP contribution in [0.1, 0.15) is 17.0 Å². The summed E-state index contributed by atoms with van der Waals surface area (Å²) in [4.78, 5) is 16.5. The summed E-state index contributed by atoms with van der Waals surface area (Å²) in [5.74, 6) is 1.14. The predicted octanol–water partition coefficient (Wildman–Crippen LogP) is 2.08. The average Bonchev–Trinajstić information content (AvgIpc) is 3.30. The van der Waals surface area contributed by atoms with E-state index < -0.39 is 0 Å². The van der Waals surface area contributed by atoms with Gasteiger partial charge in [0.1, 0.15) is 0 Å². The van der Waals surface area contributed by atoms with Crippen LogP contribution < -0.4 is 10.6 Å². The van der Waals surface area contributed by atoms with Crippen LogP contribution in [-0.2, 0) is 24.3 Å². The Labute approximate surface area is 150 Å². The number of furan rings is 1. The third-order valence-electron chi connectivity index (χ3n) is 4.02. The Balaban J connectivity index is 0.00000182. The maximum atomic E-state index is 12.3. The Hall–Kier alpha value is -2.64. The van der Waals surface area contributed by atoms with E-state index in [1.54, 1.807) is 12.1 Å². The Morgan fingerprint density at radius 1 is 1.24 bits per heavy atom. The minimum atomic E-state index is -0.253. The molecule has 0 saturated carbocycles. The van der Waals surface area contributed by atoms with E-state index in [-0.39, 0.29) is 30.9 Å². The van der Waals surface area contributed by atoms with Gasteiger partial charge in [0.2, 0.25) is 5.91 Å². The van der Waals surface area contributed by atoms with Gasteiger partial charge in [0, 0.05) is 6.54 Å². The highest BCUT2D eigenvalue weighted by molar-refractivity contribution is 5.85. The van der Waals surface area contributed by atoms with E-state index in [4.69, 9.17) is 8.94 Å². The molecule has 0 saturated heterocycles. The van der Waals surface area contributed by atoms with Gasteiger partial charge in [0.15, 0.2) is 11.6 Å². The van der Waals surface area contributed by atoms with Gasteiger partial charge in [-0.2, -0.15) is 4.98 Å². The van der Waals surface area contributed by atoms with Crippen molar-refractivity contribution in [3.63, 3.8) is 0 Å². The molecule has 1 aromatic carbocycles. The molecule has 2 aromatic heterocycles. The monoisotopic (exact) mass is 360 g/mol. The Morgan fingerprint density at radius 3 is 2.88 bits per heavy atom. The summed E-state index contributed by atoms with van der Waals surface area (Å²) in [5.41, 5.74) is 2.44. The largest absolute Gasteiger partial charge is 0.459 e. The van der Waals surface area contributed by atoms with Crippen LogP contribution in [0.25, 0.3) is 11.7 Å². The standard InChI is InChI=1S/C17H16N4O3.ClH/c22-16(13-8-11-4-1-2-5-12(11)9-18-13)19-10-15-20-17(24-21-15)14-6-3-7-23-14;/h1-7,13,18H,8-10H2,(H,19,22);1H/t13-;/m1./s1. The van der Waals surface area contributed by atoms with Crippen molar-refractivity contribution in [1.29, 1.82) is 0 Å². The molecule has 0 unspecified atom stereocenters. The van der Waals surface area contributed by atoms with Crippen LogP contribution in [0.4, 0.5) is 0 Å². The lowest BCUT2D eigenvalue weighted by molar-refractivity contribution is -0.123. The topological polar surface area (TPSA) is 93.2 Å². The number of hydrogen-bond acceptors (Lipinski definition) is 6. The molecule has 0 fully saturated rings.